The van der Waals surface area contributed by atoms with Crippen LogP contribution in [0.1, 0.15) is 21.6 Å². The van der Waals surface area contributed by atoms with Crippen LogP contribution in [0.4, 0.5) is 0 Å². The molecule has 4 nitrogen and oxygen atoms in total. The van der Waals surface area contributed by atoms with Crippen LogP contribution >= 0.6 is 11.3 Å². The van der Waals surface area contributed by atoms with E-state index in [9.17, 15) is 4.79 Å². The fourth-order valence-electron chi connectivity index (χ4n) is 4.29. The van der Waals surface area contributed by atoms with Gasteiger partial charge in [0.25, 0.3) is 0 Å². The molecule has 0 saturated heterocycles. The van der Waals surface area contributed by atoms with Gasteiger partial charge in [-0.15, -0.1) is 23.8 Å². The van der Waals surface area contributed by atoms with Gasteiger partial charge in [0.1, 0.15) is 5.69 Å². The molecular weight excluding hydrogens is 633 g/mol. The number of fused-ring (bicyclic) bond motifs is 3. The summed E-state index contributed by atoms with van der Waals surface area (Å²) in [5.41, 5.74) is 5.75. The molecule has 0 bridgehead atoms. The van der Waals surface area contributed by atoms with Crippen molar-refractivity contribution < 1.29 is 30.0 Å². The first kappa shape index (κ1) is 23.1. The number of rotatable bonds is 2. The third-order valence-electron chi connectivity index (χ3n) is 5.82. The second-order valence-corrected chi connectivity index (χ2v) is 8.94. The molecule has 7 rings (SSSR count). The maximum absolute atomic E-state index is 10.1. The molecule has 0 unspecified atom stereocenters. The van der Waals surface area contributed by atoms with Crippen LogP contribution in [0.5, 0.6) is 0 Å². The van der Waals surface area contributed by atoms with Crippen LogP contribution in [0.3, 0.4) is 0 Å². The Morgan fingerprint density at radius 2 is 1.71 bits per heavy atom. The van der Waals surface area contributed by atoms with Gasteiger partial charge in [0, 0.05) is 36.4 Å². The number of hydrogen-bond donors (Lipinski definition) is 1. The quantitative estimate of drug-likeness (QED) is 0.199. The van der Waals surface area contributed by atoms with Crippen molar-refractivity contribution in [2.45, 2.75) is 0 Å². The van der Waals surface area contributed by atoms with Crippen molar-refractivity contribution in [1.29, 1.82) is 0 Å². The van der Waals surface area contributed by atoms with Crippen LogP contribution in [0.25, 0.3) is 54.5 Å². The zero-order valence-electron chi connectivity index (χ0n) is 18.2. The Kier molecular flexibility index (Phi) is 6.27. The van der Waals surface area contributed by atoms with E-state index in [4.69, 9.17) is 10.1 Å². The van der Waals surface area contributed by atoms with E-state index in [-0.39, 0.29) is 25.8 Å². The molecule has 3 aromatic carbocycles. The summed E-state index contributed by atoms with van der Waals surface area (Å²) >= 11 is 1.83. The van der Waals surface area contributed by atoms with Gasteiger partial charge in [-0.25, -0.2) is 9.78 Å². The number of carboxylic acids is 1. The van der Waals surface area contributed by atoms with E-state index >= 15 is 0 Å². The monoisotopic (exact) mass is 650 g/mol. The molecule has 171 valence electrons. The Morgan fingerprint density at radius 3 is 2.51 bits per heavy atom. The Hall–Kier alpha value is -3.70. The summed E-state index contributed by atoms with van der Waals surface area (Å²) in [7, 11) is 0. The molecule has 1 aliphatic carbocycles. The van der Waals surface area contributed by atoms with Crippen molar-refractivity contribution in [3.8, 4) is 11.3 Å². The number of benzene rings is 3. The van der Waals surface area contributed by atoms with Gasteiger partial charge in [-0.2, -0.15) is 11.3 Å². The summed E-state index contributed by atoms with van der Waals surface area (Å²) in [6.07, 6.45) is 5.81. The van der Waals surface area contributed by atoms with Crippen LogP contribution in [-0.2, 0) is 20.1 Å². The first-order valence-corrected chi connectivity index (χ1v) is 11.6. The van der Waals surface area contributed by atoms with Crippen molar-refractivity contribution in [1.82, 2.24) is 9.97 Å². The number of hydrogen-bond acceptors (Lipinski definition) is 4. The summed E-state index contributed by atoms with van der Waals surface area (Å²) in [4.78, 5) is 18.7. The predicted molar refractivity (Wildman–Crippen MR) is 139 cm³/mol. The van der Waals surface area contributed by atoms with E-state index in [0.29, 0.717) is 0 Å². The maximum atomic E-state index is 10.1. The molecule has 6 heteroatoms. The van der Waals surface area contributed by atoms with Crippen LogP contribution < -0.4 is 0 Å². The first-order chi connectivity index (χ1) is 16.7. The molecule has 6 aromatic rings. The molecule has 3 heterocycles. The van der Waals surface area contributed by atoms with E-state index in [1.54, 1.807) is 12.1 Å². The zero-order chi connectivity index (χ0) is 23.1. The second-order valence-electron chi connectivity index (χ2n) is 7.89. The zero-order valence-corrected chi connectivity index (χ0v) is 21.4. The van der Waals surface area contributed by atoms with Crippen molar-refractivity contribution in [2.24, 2.45) is 0 Å². The topological polar surface area (TPSA) is 63.1 Å². The Bertz CT molecular complexity index is 1740. The van der Waals surface area contributed by atoms with Gasteiger partial charge in [0.05, 0.1) is 5.52 Å². The standard InChI is InChI=1S/C23H12NS.C6H5NO2.Ir/c1-2-10-21-16(6-1)17-7-4-8-18(23(17)25-21)20-13-15-12-11-14-5-3-9-19(24-20)22(14)15;8-6(9)5-3-1-2-4-7-5;/h1-7,9-13H;1-4H,(H,8,9);/q-1;;. The Labute approximate surface area is 219 Å². The van der Waals surface area contributed by atoms with E-state index in [1.807, 2.05) is 17.4 Å². The SMILES string of the molecule is O=C(O)c1ccccn1.[Ir].[c-]1ccc2c(sc3ccccc32)c1-c1cc2c3c(cccc3n1)C=C2. The summed E-state index contributed by atoms with van der Waals surface area (Å²) in [5, 5.41) is 12.2. The van der Waals surface area contributed by atoms with Gasteiger partial charge in [0.2, 0.25) is 0 Å². The number of pyridine rings is 2. The minimum atomic E-state index is -0.990. The Morgan fingerprint density at radius 1 is 0.886 bits per heavy atom. The number of nitrogens with zero attached hydrogens (tertiary/aromatic N) is 2. The first-order valence-electron chi connectivity index (χ1n) is 10.8. The molecule has 0 atom stereocenters. The number of aromatic carboxylic acids is 1. The number of carbonyl (C=O) groups is 1. The number of carboxylic acid groups (broad SMARTS) is 1. The minimum absolute atomic E-state index is 0. The van der Waals surface area contributed by atoms with Crippen LogP contribution in [-0.4, -0.2) is 21.0 Å². The molecule has 0 fully saturated rings. The smallest absolute Gasteiger partial charge is 0.354 e. The third kappa shape index (κ3) is 4.17. The summed E-state index contributed by atoms with van der Waals surface area (Å²) in [6, 6.07) is 29.5. The van der Waals surface area contributed by atoms with Crippen molar-refractivity contribution >= 4 is 60.5 Å². The van der Waals surface area contributed by atoms with Crippen LogP contribution in [0, 0.1) is 6.07 Å². The van der Waals surface area contributed by atoms with Gasteiger partial charge >= 0.3 is 5.97 Å². The minimum Gasteiger partial charge on any atom is -0.477 e. The van der Waals surface area contributed by atoms with Crippen molar-refractivity contribution in [3.63, 3.8) is 0 Å². The van der Waals surface area contributed by atoms with Crippen molar-refractivity contribution in [2.75, 3.05) is 0 Å². The van der Waals surface area contributed by atoms with Gasteiger partial charge < -0.3 is 5.11 Å². The van der Waals surface area contributed by atoms with Gasteiger partial charge in [0.15, 0.2) is 0 Å². The summed E-state index contributed by atoms with van der Waals surface area (Å²) in [6.45, 7) is 0. The summed E-state index contributed by atoms with van der Waals surface area (Å²) in [5.74, 6) is -0.990. The number of aromatic nitrogens is 2. The average Bonchev–Trinajstić information content (AvgIpc) is 3.47. The van der Waals surface area contributed by atoms with E-state index in [0.717, 1.165) is 16.8 Å². The van der Waals surface area contributed by atoms with E-state index in [2.05, 4.69) is 77.8 Å². The van der Waals surface area contributed by atoms with Gasteiger partial charge in [-0.3, -0.25) is 4.98 Å². The second kappa shape index (κ2) is 9.51. The normalized spacial score (nSPS) is 11.3. The Balaban J connectivity index is 0.000000217. The molecule has 3 aromatic heterocycles. The van der Waals surface area contributed by atoms with Gasteiger partial charge in [-0.1, -0.05) is 60.0 Å². The molecule has 1 radical (unpaired) electrons. The van der Waals surface area contributed by atoms with Crippen LogP contribution in [0.2, 0.25) is 0 Å². The maximum Gasteiger partial charge on any atom is 0.354 e. The molecule has 1 N–H and O–H groups in total. The molecule has 1 aliphatic rings. The molecule has 0 aliphatic heterocycles. The number of thiophene rings is 1. The molecule has 0 amide bonds. The van der Waals surface area contributed by atoms with Gasteiger partial charge in [-0.05, 0) is 51.2 Å². The fourth-order valence-corrected chi connectivity index (χ4v) is 5.50. The largest absolute Gasteiger partial charge is 0.477 e. The predicted octanol–water partition coefficient (Wildman–Crippen LogP) is 7.33. The molecule has 0 spiro atoms. The van der Waals surface area contributed by atoms with E-state index in [1.165, 1.54) is 48.9 Å². The van der Waals surface area contributed by atoms with Crippen LogP contribution in [0.15, 0.2) is 85.1 Å². The average molecular weight is 650 g/mol. The molecule has 35 heavy (non-hydrogen) atoms. The third-order valence-corrected chi connectivity index (χ3v) is 7.02. The van der Waals surface area contributed by atoms with Crippen molar-refractivity contribution in [3.05, 3.63) is 108 Å². The molecule has 0 saturated carbocycles. The fraction of sp³-hybridized carbons (Fsp3) is 0. The summed E-state index contributed by atoms with van der Waals surface area (Å²) < 4.78 is 2.58. The van der Waals surface area contributed by atoms with E-state index < -0.39 is 5.97 Å². The molecular formula is C29H17IrN2O2S-.